The van der Waals surface area contributed by atoms with Crippen LogP contribution in [-0.2, 0) is 0 Å². The third kappa shape index (κ3) is 3.74. The predicted molar refractivity (Wildman–Crippen MR) is 115 cm³/mol. The van der Waals surface area contributed by atoms with Gasteiger partial charge in [0.15, 0.2) is 0 Å². The Bertz CT molecular complexity index is 1120. The molecule has 1 amide bonds. The highest BCUT2D eigenvalue weighted by Gasteiger charge is 2.23. The van der Waals surface area contributed by atoms with Gasteiger partial charge >= 0.3 is 0 Å². The molecule has 152 valence electrons. The summed E-state index contributed by atoms with van der Waals surface area (Å²) in [6, 6.07) is 13.0. The summed E-state index contributed by atoms with van der Waals surface area (Å²) in [5.41, 5.74) is 3.75. The lowest BCUT2D eigenvalue weighted by molar-refractivity contribution is 0.0746. The van der Waals surface area contributed by atoms with E-state index in [0.29, 0.717) is 42.3 Å². The number of anilines is 1. The van der Waals surface area contributed by atoms with E-state index in [2.05, 4.69) is 21.1 Å². The first-order valence-corrected chi connectivity index (χ1v) is 10.1. The van der Waals surface area contributed by atoms with Crippen molar-refractivity contribution in [1.82, 2.24) is 19.7 Å². The second-order valence-corrected chi connectivity index (χ2v) is 7.62. The van der Waals surface area contributed by atoms with Gasteiger partial charge in [-0.1, -0.05) is 11.6 Å². The van der Waals surface area contributed by atoms with Crippen LogP contribution in [0.25, 0.3) is 5.69 Å². The van der Waals surface area contributed by atoms with E-state index in [4.69, 9.17) is 16.9 Å². The normalized spacial score (nSPS) is 13.9. The monoisotopic (exact) mass is 420 g/mol. The molecule has 0 bridgehead atoms. The Morgan fingerprint density at radius 1 is 1.10 bits per heavy atom. The molecule has 1 aliphatic rings. The van der Waals surface area contributed by atoms with E-state index in [1.165, 1.54) is 0 Å². The van der Waals surface area contributed by atoms with Crippen LogP contribution in [0.15, 0.2) is 42.6 Å². The average molecular weight is 421 g/mol. The van der Waals surface area contributed by atoms with Gasteiger partial charge in [0.2, 0.25) is 0 Å². The molecule has 3 aromatic rings. The van der Waals surface area contributed by atoms with Gasteiger partial charge < -0.3 is 9.80 Å². The van der Waals surface area contributed by atoms with Crippen molar-refractivity contribution in [2.24, 2.45) is 0 Å². The highest BCUT2D eigenvalue weighted by Crippen LogP contribution is 2.23. The number of benzene rings is 1. The fraction of sp³-hybridized carbons (Fsp3) is 0.273. The minimum absolute atomic E-state index is 0.00587. The molecule has 0 spiro atoms. The summed E-state index contributed by atoms with van der Waals surface area (Å²) in [5, 5.41) is 14.2. The van der Waals surface area contributed by atoms with Crippen molar-refractivity contribution in [3.63, 3.8) is 0 Å². The quantitative estimate of drug-likeness (QED) is 0.649. The number of amides is 1. The number of hydrogen-bond acceptors (Lipinski definition) is 5. The van der Waals surface area contributed by atoms with Crippen LogP contribution >= 0.6 is 11.6 Å². The number of rotatable bonds is 3. The number of halogens is 1. The van der Waals surface area contributed by atoms with Crippen LogP contribution < -0.4 is 4.90 Å². The maximum Gasteiger partial charge on any atom is 0.253 e. The molecule has 0 atom stereocenters. The average Bonchev–Trinajstić information content (AvgIpc) is 3.06. The Kier molecular flexibility index (Phi) is 5.42. The van der Waals surface area contributed by atoms with Crippen LogP contribution in [0.3, 0.4) is 0 Å². The Labute approximate surface area is 180 Å². The number of nitriles is 1. The molecule has 4 rings (SSSR count). The summed E-state index contributed by atoms with van der Waals surface area (Å²) in [5.74, 6) is 0.778. The largest absolute Gasteiger partial charge is 0.353 e. The van der Waals surface area contributed by atoms with Gasteiger partial charge in [0.1, 0.15) is 5.82 Å². The molecule has 3 heterocycles. The first-order chi connectivity index (χ1) is 14.5. The Morgan fingerprint density at radius 2 is 1.80 bits per heavy atom. The van der Waals surface area contributed by atoms with E-state index < -0.39 is 0 Å². The lowest BCUT2D eigenvalue weighted by Crippen LogP contribution is -2.49. The minimum atomic E-state index is 0.00587. The van der Waals surface area contributed by atoms with Crippen molar-refractivity contribution in [1.29, 1.82) is 5.26 Å². The summed E-state index contributed by atoms with van der Waals surface area (Å²) in [4.78, 5) is 21.2. The van der Waals surface area contributed by atoms with Gasteiger partial charge in [0.05, 0.1) is 33.7 Å². The molecular formula is C22H21ClN6O. The second kappa shape index (κ2) is 8.17. The zero-order valence-electron chi connectivity index (χ0n) is 16.8. The summed E-state index contributed by atoms with van der Waals surface area (Å²) in [7, 11) is 0. The zero-order chi connectivity index (χ0) is 21.3. The standard InChI is InChI=1S/C22H21ClN6O/c1-15-21(23)16(2)29(26-15)19-5-3-18(4-6-19)22(30)28-11-9-27(10-12-28)20-13-17(14-24)7-8-25-20/h3-8,13H,9-12H2,1-2H3. The molecule has 7 nitrogen and oxygen atoms in total. The van der Waals surface area contributed by atoms with Crippen LogP contribution in [0.1, 0.15) is 27.3 Å². The van der Waals surface area contributed by atoms with Crippen molar-refractivity contribution < 1.29 is 4.79 Å². The van der Waals surface area contributed by atoms with Crippen molar-refractivity contribution in [3.05, 3.63) is 70.1 Å². The SMILES string of the molecule is Cc1nn(-c2ccc(C(=O)N3CCN(c4cc(C#N)ccn4)CC3)cc2)c(C)c1Cl. The van der Waals surface area contributed by atoms with E-state index in [1.807, 2.05) is 43.0 Å². The van der Waals surface area contributed by atoms with Gasteiger partial charge in [0, 0.05) is 37.9 Å². The third-order valence-electron chi connectivity index (χ3n) is 5.33. The van der Waals surface area contributed by atoms with Gasteiger partial charge in [0.25, 0.3) is 5.91 Å². The number of carbonyl (C=O) groups is 1. The van der Waals surface area contributed by atoms with E-state index in [0.717, 1.165) is 22.9 Å². The van der Waals surface area contributed by atoms with Crippen LogP contribution in [0.4, 0.5) is 5.82 Å². The molecule has 8 heteroatoms. The maximum absolute atomic E-state index is 12.9. The Morgan fingerprint density at radius 3 is 2.40 bits per heavy atom. The molecule has 0 saturated carbocycles. The number of aryl methyl sites for hydroxylation is 1. The van der Waals surface area contributed by atoms with Gasteiger partial charge in [-0.3, -0.25) is 4.79 Å². The van der Waals surface area contributed by atoms with Gasteiger partial charge in [-0.25, -0.2) is 9.67 Å². The molecule has 1 aromatic carbocycles. The molecular weight excluding hydrogens is 400 g/mol. The molecule has 0 unspecified atom stereocenters. The smallest absolute Gasteiger partial charge is 0.253 e. The molecule has 30 heavy (non-hydrogen) atoms. The van der Waals surface area contributed by atoms with E-state index in [-0.39, 0.29) is 5.91 Å². The minimum Gasteiger partial charge on any atom is -0.353 e. The van der Waals surface area contributed by atoms with E-state index >= 15 is 0 Å². The van der Waals surface area contributed by atoms with E-state index in [1.54, 1.807) is 23.0 Å². The number of carbonyl (C=O) groups excluding carboxylic acids is 1. The van der Waals surface area contributed by atoms with Crippen molar-refractivity contribution in [3.8, 4) is 11.8 Å². The molecule has 0 aliphatic carbocycles. The molecule has 1 fully saturated rings. The first kappa shape index (κ1) is 19.9. The number of hydrogen-bond donors (Lipinski definition) is 0. The number of nitrogens with zero attached hydrogens (tertiary/aromatic N) is 6. The topological polar surface area (TPSA) is 78.0 Å². The van der Waals surface area contributed by atoms with E-state index in [9.17, 15) is 4.79 Å². The lowest BCUT2D eigenvalue weighted by atomic mass is 10.1. The van der Waals surface area contributed by atoms with Crippen molar-refractivity contribution in [2.75, 3.05) is 31.1 Å². The molecule has 0 radical (unpaired) electrons. The van der Waals surface area contributed by atoms with Gasteiger partial charge in [-0.05, 0) is 50.2 Å². The van der Waals surface area contributed by atoms with Crippen molar-refractivity contribution in [2.45, 2.75) is 13.8 Å². The summed E-state index contributed by atoms with van der Waals surface area (Å²) < 4.78 is 1.78. The van der Waals surface area contributed by atoms with Crippen LogP contribution in [0.2, 0.25) is 5.02 Å². The molecule has 2 aromatic heterocycles. The van der Waals surface area contributed by atoms with Crippen molar-refractivity contribution >= 4 is 23.3 Å². The number of aromatic nitrogens is 3. The fourth-order valence-electron chi connectivity index (χ4n) is 3.60. The van der Waals surface area contributed by atoms with Gasteiger partial charge in [-0.2, -0.15) is 10.4 Å². The Balaban J connectivity index is 1.43. The molecule has 1 saturated heterocycles. The molecule has 0 N–H and O–H groups in total. The lowest BCUT2D eigenvalue weighted by Gasteiger charge is -2.35. The first-order valence-electron chi connectivity index (χ1n) is 9.70. The Hall–Kier alpha value is -3.37. The highest BCUT2D eigenvalue weighted by molar-refractivity contribution is 6.31. The second-order valence-electron chi connectivity index (χ2n) is 7.24. The summed E-state index contributed by atoms with van der Waals surface area (Å²) >= 11 is 6.24. The maximum atomic E-state index is 12.9. The summed E-state index contributed by atoms with van der Waals surface area (Å²) in [6.07, 6.45) is 1.64. The predicted octanol–water partition coefficient (Wildman–Crippen LogP) is 3.37. The molecule has 1 aliphatic heterocycles. The highest BCUT2D eigenvalue weighted by atomic mass is 35.5. The third-order valence-corrected chi connectivity index (χ3v) is 5.87. The number of pyridine rings is 1. The number of piperazine rings is 1. The van der Waals surface area contributed by atoms with Crippen LogP contribution in [0.5, 0.6) is 0 Å². The zero-order valence-corrected chi connectivity index (χ0v) is 17.6. The van der Waals surface area contributed by atoms with Gasteiger partial charge in [-0.15, -0.1) is 0 Å². The van der Waals surface area contributed by atoms with Crippen LogP contribution in [-0.4, -0.2) is 51.8 Å². The summed E-state index contributed by atoms with van der Waals surface area (Å²) in [6.45, 7) is 6.35. The fourth-order valence-corrected chi connectivity index (χ4v) is 3.72. The van der Waals surface area contributed by atoms with Crippen LogP contribution in [0, 0.1) is 25.2 Å².